The van der Waals surface area contributed by atoms with Gasteiger partial charge < -0.3 is 10.0 Å². The molecule has 1 aromatic carbocycles. The Kier molecular flexibility index (Phi) is 5.01. The molecule has 1 N–H and O–H groups in total. The molecular formula is C28H35NO3. The highest BCUT2D eigenvalue weighted by Crippen LogP contribution is 2.66. The lowest BCUT2D eigenvalue weighted by atomic mass is 9.51. The minimum atomic E-state index is -1.24. The van der Waals surface area contributed by atoms with E-state index in [0.29, 0.717) is 24.7 Å². The van der Waals surface area contributed by atoms with E-state index in [9.17, 15) is 14.7 Å². The number of anilines is 1. The lowest BCUT2D eigenvalue weighted by Gasteiger charge is -2.54. The molecular weight excluding hydrogens is 398 g/mol. The second-order valence-electron chi connectivity index (χ2n) is 10.9. The normalized spacial score (nSPS) is 36.2. The number of ketones is 2. The van der Waals surface area contributed by atoms with E-state index in [1.165, 1.54) is 22.3 Å². The van der Waals surface area contributed by atoms with Crippen molar-refractivity contribution >= 4 is 17.3 Å². The van der Waals surface area contributed by atoms with Crippen LogP contribution in [0, 0.1) is 17.3 Å². The molecule has 0 aliphatic heterocycles. The summed E-state index contributed by atoms with van der Waals surface area (Å²) in [6.45, 7) is 3.74. The van der Waals surface area contributed by atoms with Gasteiger partial charge in [-0.05, 0) is 92.2 Å². The molecule has 5 rings (SSSR count). The number of nitrogens with zero attached hydrogens (tertiary/aromatic N) is 1. The first-order chi connectivity index (χ1) is 15.2. The van der Waals surface area contributed by atoms with Crippen LogP contribution < -0.4 is 4.90 Å². The van der Waals surface area contributed by atoms with Crippen LogP contribution in [0.3, 0.4) is 0 Å². The second kappa shape index (κ2) is 7.41. The number of fused-ring (bicyclic) bond motifs is 4. The first-order valence-electron chi connectivity index (χ1n) is 12.1. The van der Waals surface area contributed by atoms with Crippen molar-refractivity contribution in [1.29, 1.82) is 0 Å². The van der Waals surface area contributed by atoms with Gasteiger partial charge in [-0.3, -0.25) is 9.59 Å². The van der Waals surface area contributed by atoms with Crippen LogP contribution in [0.1, 0.15) is 70.3 Å². The third kappa shape index (κ3) is 2.98. The van der Waals surface area contributed by atoms with Gasteiger partial charge >= 0.3 is 0 Å². The fourth-order valence-electron chi connectivity index (χ4n) is 7.55. The zero-order valence-electron chi connectivity index (χ0n) is 19.8. The Balaban J connectivity index is 1.67. The summed E-state index contributed by atoms with van der Waals surface area (Å²) < 4.78 is 0. The number of hydrogen-bond donors (Lipinski definition) is 1. The molecule has 0 aromatic heterocycles. The van der Waals surface area contributed by atoms with Gasteiger partial charge in [-0.1, -0.05) is 24.6 Å². The van der Waals surface area contributed by atoms with E-state index in [-0.39, 0.29) is 17.5 Å². The molecule has 4 nitrogen and oxygen atoms in total. The van der Waals surface area contributed by atoms with Gasteiger partial charge in [-0.2, -0.15) is 0 Å². The molecule has 4 aliphatic rings. The number of carbonyl (C=O) groups is 2. The topological polar surface area (TPSA) is 57.6 Å². The van der Waals surface area contributed by atoms with Crippen molar-refractivity contribution in [2.75, 3.05) is 19.0 Å². The van der Waals surface area contributed by atoms with Crippen molar-refractivity contribution in [3.05, 3.63) is 52.6 Å². The number of allylic oxidation sites excluding steroid dienone is 4. The largest absolute Gasteiger partial charge is 0.382 e. The zero-order chi connectivity index (χ0) is 22.8. The summed E-state index contributed by atoms with van der Waals surface area (Å²) in [6.07, 6.45) is 7.53. The molecule has 0 heterocycles. The van der Waals surface area contributed by atoms with Gasteiger partial charge in [0.2, 0.25) is 0 Å². The average Bonchev–Trinajstić information content (AvgIpc) is 3.04. The van der Waals surface area contributed by atoms with Gasteiger partial charge in [-0.15, -0.1) is 0 Å². The van der Waals surface area contributed by atoms with Crippen LogP contribution in [0.15, 0.2) is 47.1 Å². The Morgan fingerprint density at radius 3 is 2.47 bits per heavy atom. The van der Waals surface area contributed by atoms with Crippen molar-refractivity contribution in [2.45, 2.75) is 70.3 Å². The van der Waals surface area contributed by atoms with Gasteiger partial charge in [0.05, 0.1) is 0 Å². The molecule has 0 amide bonds. The molecule has 0 saturated heterocycles. The summed E-state index contributed by atoms with van der Waals surface area (Å²) in [6, 6.07) is 8.78. The molecule has 0 radical (unpaired) electrons. The van der Waals surface area contributed by atoms with Gasteiger partial charge in [0.1, 0.15) is 5.60 Å². The Morgan fingerprint density at radius 2 is 1.81 bits per heavy atom. The maximum absolute atomic E-state index is 12.7. The summed E-state index contributed by atoms with van der Waals surface area (Å²) in [5, 5.41) is 11.6. The van der Waals surface area contributed by atoms with E-state index < -0.39 is 11.0 Å². The smallest absolute Gasteiger partial charge is 0.161 e. The van der Waals surface area contributed by atoms with Gasteiger partial charge in [0.25, 0.3) is 0 Å². The minimum Gasteiger partial charge on any atom is -0.382 e. The van der Waals surface area contributed by atoms with Crippen LogP contribution in [-0.4, -0.2) is 36.4 Å². The molecule has 5 unspecified atom stereocenters. The summed E-state index contributed by atoms with van der Waals surface area (Å²) >= 11 is 0. The summed E-state index contributed by atoms with van der Waals surface area (Å²) in [5.74, 6) is 1.03. The average molecular weight is 434 g/mol. The molecule has 5 atom stereocenters. The summed E-state index contributed by atoms with van der Waals surface area (Å²) in [5.41, 5.74) is 4.91. The number of rotatable bonds is 3. The van der Waals surface area contributed by atoms with E-state index in [1.807, 2.05) is 20.2 Å². The maximum Gasteiger partial charge on any atom is 0.161 e. The van der Waals surface area contributed by atoms with E-state index in [4.69, 9.17) is 0 Å². The number of hydrogen-bond acceptors (Lipinski definition) is 4. The Labute approximate surface area is 191 Å². The minimum absolute atomic E-state index is 0.0834. The Morgan fingerprint density at radius 1 is 1.09 bits per heavy atom. The SMILES string of the molecule is CC(=O)C1(O)CCC2C3CCC4=CC(=O)CCC4=C3C(c3ccc(N(C)C)cc3)CC21C. The van der Waals surface area contributed by atoms with Crippen LogP contribution in [0.2, 0.25) is 0 Å². The first kappa shape index (κ1) is 21.6. The predicted octanol–water partition coefficient (Wildman–Crippen LogP) is 4.97. The van der Waals surface area contributed by atoms with Gasteiger partial charge in [0.15, 0.2) is 11.6 Å². The fraction of sp³-hybridized carbons (Fsp3) is 0.571. The summed E-state index contributed by atoms with van der Waals surface area (Å²) in [7, 11) is 4.09. The first-order valence-corrected chi connectivity index (χ1v) is 12.1. The van der Waals surface area contributed by atoms with Crippen molar-refractivity contribution in [3.63, 3.8) is 0 Å². The molecule has 1 aromatic rings. The highest BCUT2D eigenvalue weighted by atomic mass is 16.3. The number of benzene rings is 1. The number of aliphatic hydroxyl groups is 1. The highest BCUT2D eigenvalue weighted by Gasteiger charge is 2.64. The molecule has 32 heavy (non-hydrogen) atoms. The number of carbonyl (C=O) groups excluding carboxylic acids is 2. The third-order valence-electron chi connectivity index (χ3n) is 9.28. The van der Waals surface area contributed by atoms with E-state index in [2.05, 4.69) is 36.1 Å². The molecule has 4 heteroatoms. The maximum atomic E-state index is 12.7. The number of Topliss-reactive ketones (excluding diaryl/α,β-unsaturated/α-hetero) is 1. The van der Waals surface area contributed by atoms with E-state index in [0.717, 1.165) is 37.8 Å². The van der Waals surface area contributed by atoms with Crippen LogP contribution >= 0.6 is 0 Å². The molecule has 4 aliphatic carbocycles. The van der Waals surface area contributed by atoms with Crippen molar-refractivity contribution in [2.24, 2.45) is 17.3 Å². The van der Waals surface area contributed by atoms with E-state index in [1.54, 1.807) is 6.92 Å². The lowest BCUT2D eigenvalue weighted by Crippen LogP contribution is -2.55. The molecule has 0 bridgehead atoms. The predicted molar refractivity (Wildman–Crippen MR) is 127 cm³/mol. The molecule has 2 saturated carbocycles. The molecule has 170 valence electrons. The van der Waals surface area contributed by atoms with Crippen LogP contribution in [0.5, 0.6) is 0 Å². The van der Waals surface area contributed by atoms with Crippen molar-refractivity contribution in [1.82, 2.24) is 0 Å². The lowest BCUT2D eigenvalue weighted by molar-refractivity contribution is -0.152. The van der Waals surface area contributed by atoms with Crippen LogP contribution in [0.25, 0.3) is 0 Å². The Hall–Kier alpha value is -2.20. The monoisotopic (exact) mass is 433 g/mol. The third-order valence-corrected chi connectivity index (χ3v) is 9.28. The summed E-state index contributed by atoms with van der Waals surface area (Å²) in [4.78, 5) is 27.0. The Bertz CT molecular complexity index is 1030. The van der Waals surface area contributed by atoms with Gasteiger partial charge in [0, 0.05) is 37.5 Å². The van der Waals surface area contributed by atoms with Crippen molar-refractivity contribution in [3.8, 4) is 0 Å². The van der Waals surface area contributed by atoms with E-state index >= 15 is 0 Å². The molecule has 0 spiro atoms. The fourth-order valence-corrected chi connectivity index (χ4v) is 7.55. The zero-order valence-corrected chi connectivity index (χ0v) is 19.8. The second-order valence-corrected chi connectivity index (χ2v) is 10.9. The van der Waals surface area contributed by atoms with Crippen LogP contribution in [0.4, 0.5) is 5.69 Å². The highest BCUT2D eigenvalue weighted by molar-refractivity contribution is 5.93. The van der Waals surface area contributed by atoms with Gasteiger partial charge in [-0.25, -0.2) is 0 Å². The standard InChI is InChI=1S/C28H35NO3/c1-17(30)28(32)14-13-25-23-11-7-19-15-21(31)10-12-22(19)26(23)24(16-27(25,28)2)18-5-8-20(9-6-18)29(3)4/h5-6,8-9,15,23-25,32H,7,10-14,16H2,1-4H3. The van der Waals surface area contributed by atoms with Crippen molar-refractivity contribution < 1.29 is 14.7 Å². The van der Waals surface area contributed by atoms with Crippen LogP contribution in [-0.2, 0) is 9.59 Å². The molecule has 2 fully saturated rings. The quantitative estimate of drug-likeness (QED) is 0.731.